The summed E-state index contributed by atoms with van der Waals surface area (Å²) in [5, 5.41) is 4.48. The summed E-state index contributed by atoms with van der Waals surface area (Å²) in [5.74, 6) is 0.104. The molecule has 5 nitrogen and oxygen atoms in total. The molecule has 3 atom stereocenters. The van der Waals surface area contributed by atoms with Gasteiger partial charge in [-0.3, -0.25) is 9.67 Å². The number of hydrogen-bond acceptors (Lipinski definition) is 4. The van der Waals surface area contributed by atoms with Gasteiger partial charge in [-0.05, 0) is 102 Å². The minimum absolute atomic E-state index is 0.232. The largest absolute Gasteiger partial charge is 0.301 e. The zero-order valence-electron chi connectivity index (χ0n) is 22.8. The molecule has 1 aromatic carbocycles. The van der Waals surface area contributed by atoms with Crippen molar-refractivity contribution < 1.29 is 4.39 Å². The topological polar surface area (TPSA) is 46.3 Å². The number of aliphatic imine (C=N–C) groups is 1. The molecule has 3 unspecified atom stereocenters. The first-order valence-corrected chi connectivity index (χ1v) is 13.3. The fourth-order valence-corrected chi connectivity index (χ4v) is 5.60. The van der Waals surface area contributed by atoms with Crippen LogP contribution in [0.5, 0.6) is 0 Å². The first-order chi connectivity index (χ1) is 17.2. The first-order valence-electron chi connectivity index (χ1n) is 13.3. The molecule has 192 valence electrons. The molecule has 1 aliphatic rings. The molecule has 0 amide bonds. The minimum Gasteiger partial charge on any atom is -0.301 e. The third kappa shape index (κ3) is 5.44. The van der Waals surface area contributed by atoms with E-state index in [0.717, 1.165) is 71.2 Å². The van der Waals surface area contributed by atoms with Gasteiger partial charge in [-0.2, -0.15) is 5.10 Å². The normalized spacial score (nSPS) is 22.3. The average Bonchev–Trinajstić information content (AvgIpc) is 3.22. The molecule has 0 saturated carbocycles. The molecule has 36 heavy (non-hydrogen) atoms. The van der Waals surface area contributed by atoms with Gasteiger partial charge < -0.3 is 4.90 Å². The smallest absolute Gasteiger partial charge is 0.131 e. The van der Waals surface area contributed by atoms with Crippen LogP contribution in [0.1, 0.15) is 69.6 Å². The fraction of sp³-hybridized carbons (Fsp3) is 0.500. The second kappa shape index (κ2) is 11.0. The Bertz CT molecular complexity index is 1260. The Balaban J connectivity index is 1.68. The van der Waals surface area contributed by atoms with Gasteiger partial charge in [0.25, 0.3) is 0 Å². The number of halogens is 1. The molecule has 0 N–H and O–H groups in total. The molecule has 0 radical (unpaired) electrons. The zero-order valence-corrected chi connectivity index (χ0v) is 22.8. The number of aryl methyl sites for hydroxylation is 3. The van der Waals surface area contributed by atoms with E-state index in [2.05, 4.69) is 30.9 Å². The molecule has 6 heteroatoms. The second-order valence-corrected chi connectivity index (χ2v) is 10.4. The summed E-state index contributed by atoms with van der Waals surface area (Å²) in [6.07, 6.45) is 11.3. The van der Waals surface area contributed by atoms with E-state index in [9.17, 15) is 0 Å². The summed E-state index contributed by atoms with van der Waals surface area (Å²) in [6.45, 7) is 10.5. The Morgan fingerprint density at radius 1 is 1.11 bits per heavy atom. The molecule has 0 spiro atoms. The first kappa shape index (κ1) is 26.2. The standard InChI is InChI=1S/C30H40FN5/c1-8-24-13-12-22(11-10-21(5)36(24)7)27(32-9-2)17-25-19(3)14-23(16-26(25)31)28-15-20(4)30-29(33-28)18-35(6)34-30/h9,14-18,21-22,24H,8,10-13H2,1-7H3/b27-17-,32-9?. The molecule has 1 saturated heterocycles. The van der Waals surface area contributed by atoms with Gasteiger partial charge in [0.1, 0.15) is 16.9 Å². The van der Waals surface area contributed by atoms with Crippen LogP contribution in [0, 0.1) is 25.6 Å². The lowest BCUT2D eigenvalue weighted by atomic mass is 9.86. The van der Waals surface area contributed by atoms with Gasteiger partial charge in [-0.25, -0.2) is 9.37 Å². The Kier molecular flexibility index (Phi) is 8.04. The third-order valence-corrected chi connectivity index (χ3v) is 7.92. The van der Waals surface area contributed by atoms with Gasteiger partial charge in [0, 0.05) is 48.1 Å². The van der Waals surface area contributed by atoms with Crippen LogP contribution in [0.25, 0.3) is 28.4 Å². The number of likely N-dealkylation sites (tertiary alicyclic amines) is 1. The number of rotatable bonds is 5. The summed E-state index contributed by atoms with van der Waals surface area (Å²) >= 11 is 0. The van der Waals surface area contributed by atoms with Crippen LogP contribution in [-0.4, -0.2) is 45.0 Å². The monoisotopic (exact) mass is 489 g/mol. The van der Waals surface area contributed by atoms with Crippen LogP contribution in [0.2, 0.25) is 0 Å². The Morgan fingerprint density at radius 2 is 1.86 bits per heavy atom. The van der Waals surface area contributed by atoms with E-state index in [1.165, 1.54) is 0 Å². The van der Waals surface area contributed by atoms with Crippen molar-refractivity contribution in [2.75, 3.05) is 7.05 Å². The van der Waals surface area contributed by atoms with Crippen LogP contribution >= 0.6 is 0 Å². The fourth-order valence-electron chi connectivity index (χ4n) is 5.60. The lowest BCUT2D eigenvalue weighted by Gasteiger charge is -2.37. The van der Waals surface area contributed by atoms with Crippen molar-refractivity contribution in [2.45, 2.75) is 78.8 Å². The highest BCUT2D eigenvalue weighted by molar-refractivity contribution is 5.81. The van der Waals surface area contributed by atoms with E-state index in [-0.39, 0.29) is 5.82 Å². The van der Waals surface area contributed by atoms with Crippen LogP contribution in [0.15, 0.2) is 35.1 Å². The second-order valence-electron chi connectivity index (χ2n) is 10.4. The highest BCUT2D eigenvalue weighted by Gasteiger charge is 2.26. The molecule has 4 rings (SSSR count). The third-order valence-electron chi connectivity index (χ3n) is 7.92. The van der Waals surface area contributed by atoms with Crippen molar-refractivity contribution in [3.63, 3.8) is 0 Å². The number of allylic oxidation sites excluding steroid dienone is 1. The van der Waals surface area contributed by atoms with Crippen LogP contribution in [-0.2, 0) is 7.05 Å². The molecular weight excluding hydrogens is 449 g/mol. The molecule has 2 aromatic heterocycles. The van der Waals surface area contributed by atoms with E-state index >= 15 is 4.39 Å². The van der Waals surface area contributed by atoms with Crippen molar-refractivity contribution in [3.8, 4) is 11.3 Å². The van der Waals surface area contributed by atoms with E-state index < -0.39 is 0 Å². The highest BCUT2D eigenvalue weighted by atomic mass is 19.1. The Hall–Kier alpha value is -2.86. The maximum Gasteiger partial charge on any atom is 0.131 e. The number of nitrogens with zero attached hydrogens (tertiary/aromatic N) is 5. The van der Waals surface area contributed by atoms with Crippen molar-refractivity contribution >= 4 is 23.3 Å². The summed E-state index contributed by atoms with van der Waals surface area (Å²) in [7, 11) is 4.14. The van der Waals surface area contributed by atoms with Gasteiger partial charge >= 0.3 is 0 Å². The predicted molar refractivity (Wildman–Crippen MR) is 149 cm³/mol. The quantitative estimate of drug-likeness (QED) is 0.359. The number of pyridine rings is 1. The summed E-state index contributed by atoms with van der Waals surface area (Å²) in [5.41, 5.74) is 6.79. The van der Waals surface area contributed by atoms with Crippen molar-refractivity contribution in [1.82, 2.24) is 19.7 Å². The van der Waals surface area contributed by atoms with Crippen LogP contribution in [0.3, 0.4) is 0 Å². The Labute approximate surface area is 215 Å². The summed E-state index contributed by atoms with van der Waals surface area (Å²) < 4.78 is 17.4. The molecule has 3 aromatic rings. The van der Waals surface area contributed by atoms with E-state index in [1.54, 1.807) is 10.7 Å². The lowest BCUT2D eigenvalue weighted by Crippen LogP contribution is -2.40. The number of aromatic nitrogens is 3. The Morgan fingerprint density at radius 3 is 2.56 bits per heavy atom. The maximum atomic E-state index is 15.6. The van der Waals surface area contributed by atoms with Gasteiger partial charge in [-0.1, -0.05) is 6.92 Å². The van der Waals surface area contributed by atoms with Gasteiger partial charge in [0.2, 0.25) is 0 Å². The lowest BCUT2D eigenvalue weighted by molar-refractivity contribution is 0.135. The summed E-state index contributed by atoms with van der Waals surface area (Å²) in [4.78, 5) is 12.0. The van der Waals surface area contributed by atoms with Gasteiger partial charge in [-0.15, -0.1) is 0 Å². The number of hydrogen-bond donors (Lipinski definition) is 0. The highest BCUT2D eigenvalue weighted by Crippen LogP contribution is 2.34. The van der Waals surface area contributed by atoms with Crippen LogP contribution in [0.4, 0.5) is 4.39 Å². The maximum absolute atomic E-state index is 15.6. The SMILES string of the molecule is CC=N/C(=C\c1c(C)cc(-c2cc(C)c3nn(C)cc3n2)cc1F)C1CCC(C)N(C)C(CC)CC1. The van der Waals surface area contributed by atoms with E-state index in [1.807, 2.05) is 58.4 Å². The molecule has 1 fully saturated rings. The van der Waals surface area contributed by atoms with Gasteiger partial charge in [0.05, 0.1) is 11.9 Å². The van der Waals surface area contributed by atoms with Crippen molar-refractivity contribution in [3.05, 3.63) is 52.6 Å². The predicted octanol–water partition coefficient (Wildman–Crippen LogP) is 7.11. The van der Waals surface area contributed by atoms with Crippen LogP contribution < -0.4 is 0 Å². The molecule has 0 bridgehead atoms. The number of fused-ring (bicyclic) bond motifs is 1. The van der Waals surface area contributed by atoms with E-state index in [4.69, 9.17) is 9.98 Å². The van der Waals surface area contributed by atoms with Gasteiger partial charge in [0.15, 0.2) is 0 Å². The van der Waals surface area contributed by atoms with E-state index in [0.29, 0.717) is 23.6 Å². The number of benzene rings is 1. The molecule has 1 aliphatic heterocycles. The van der Waals surface area contributed by atoms with Crippen molar-refractivity contribution in [1.29, 1.82) is 0 Å². The minimum atomic E-state index is -0.232. The summed E-state index contributed by atoms with van der Waals surface area (Å²) in [6, 6.07) is 6.76. The molecule has 0 aliphatic carbocycles. The molecule has 3 heterocycles. The average molecular weight is 490 g/mol. The van der Waals surface area contributed by atoms with Crippen molar-refractivity contribution in [2.24, 2.45) is 18.0 Å². The zero-order chi connectivity index (χ0) is 26.0. The molecular formula is C30H40FN5.